The fourth-order valence-corrected chi connectivity index (χ4v) is 2.91. The number of amides is 2. The number of benzene rings is 1. The second kappa shape index (κ2) is 7.61. The highest BCUT2D eigenvalue weighted by Gasteiger charge is 2.28. The Kier molecular flexibility index (Phi) is 5.80. The average Bonchev–Trinajstić information content (AvgIpc) is 2.53. The first-order chi connectivity index (χ1) is 10.5. The van der Waals surface area contributed by atoms with Crippen LogP contribution in [0.1, 0.15) is 37.4 Å². The van der Waals surface area contributed by atoms with Gasteiger partial charge in [0, 0.05) is 31.0 Å². The van der Waals surface area contributed by atoms with Crippen molar-refractivity contribution in [2.45, 2.75) is 31.8 Å². The number of aliphatic hydroxyl groups is 1. The van der Waals surface area contributed by atoms with Crippen LogP contribution in [0.5, 0.6) is 0 Å². The van der Waals surface area contributed by atoms with Crippen LogP contribution in [0.3, 0.4) is 0 Å². The van der Waals surface area contributed by atoms with Crippen molar-refractivity contribution >= 4 is 23.4 Å². The summed E-state index contributed by atoms with van der Waals surface area (Å²) in [4.78, 5) is 24.4. The first-order valence-corrected chi connectivity index (χ1v) is 7.85. The Hall–Kier alpha value is -1.59. The Morgan fingerprint density at radius 2 is 1.82 bits per heavy atom. The molecule has 5 nitrogen and oxygen atoms in total. The molecule has 1 fully saturated rings. The number of carbonyl (C=O) groups is 2. The van der Waals surface area contributed by atoms with E-state index in [1.54, 1.807) is 17.0 Å². The molecule has 22 heavy (non-hydrogen) atoms. The van der Waals surface area contributed by atoms with Crippen molar-refractivity contribution in [3.63, 3.8) is 0 Å². The standard InChI is InChI=1S/C16H21ClN2O3/c17-13-3-1-11(2-4-13)16(22)12-7-9-19(10-8-12)15(21)6-5-14(18)20/h1-4,12,16,22H,5-10H2,(H2,18,20). The Morgan fingerprint density at radius 1 is 1.23 bits per heavy atom. The zero-order valence-corrected chi connectivity index (χ0v) is 13.1. The van der Waals surface area contributed by atoms with Gasteiger partial charge in [0.2, 0.25) is 11.8 Å². The SMILES string of the molecule is NC(=O)CCC(=O)N1CCC(C(O)c2ccc(Cl)cc2)CC1. The molecule has 1 aromatic carbocycles. The van der Waals surface area contributed by atoms with E-state index >= 15 is 0 Å². The minimum atomic E-state index is -0.542. The van der Waals surface area contributed by atoms with E-state index in [4.69, 9.17) is 17.3 Å². The number of aliphatic hydroxyl groups excluding tert-OH is 1. The summed E-state index contributed by atoms with van der Waals surface area (Å²) >= 11 is 5.85. The van der Waals surface area contributed by atoms with Gasteiger partial charge in [-0.1, -0.05) is 23.7 Å². The third-order valence-corrected chi connectivity index (χ3v) is 4.39. The number of piperidine rings is 1. The molecule has 0 bridgehead atoms. The number of hydrogen-bond acceptors (Lipinski definition) is 3. The molecular weight excluding hydrogens is 304 g/mol. The van der Waals surface area contributed by atoms with E-state index in [0.29, 0.717) is 18.1 Å². The molecule has 3 N–H and O–H groups in total. The Bertz CT molecular complexity index is 525. The van der Waals surface area contributed by atoms with Crippen molar-refractivity contribution in [1.29, 1.82) is 0 Å². The van der Waals surface area contributed by atoms with E-state index in [1.807, 2.05) is 12.1 Å². The number of halogens is 1. The summed E-state index contributed by atoms with van der Waals surface area (Å²) in [6.07, 6.45) is 1.20. The third-order valence-electron chi connectivity index (χ3n) is 4.14. The van der Waals surface area contributed by atoms with E-state index in [2.05, 4.69) is 0 Å². The summed E-state index contributed by atoms with van der Waals surface area (Å²) in [6.45, 7) is 1.21. The highest BCUT2D eigenvalue weighted by atomic mass is 35.5. The fourth-order valence-electron chi connectivity index (χ4n) is 2.78. The molecule has 0 aromatic heterocycles. The van der Waals surface area contributed by atoms with Gasteiger partial charge in [0.15, 0.2) is 0 Å². The quantitative estimate of drug-likeness (QED) is 0.867. The van der Waals surface area contributed by atoms with Crippen LogP contribution in [0.25, 0.3) is 0 Å². The van der Waals surface area contributed by atoms with E-state index in [9.17, 15) is 14.7 Å². The topological polar surface area (TPSA) is 83.6 Å². The summed E-state index contributed by atoms with van der Waals surface area (Å²) in [6, 6.07) is 7.19. The second-order valence-corrected chi connectivity index (χ2v) is 6.12. The summed E-state index contributed by atoms with van der Waals surface area (Å²) in [7, 11) is 0. The van der Waals surface area contributed by atoms with Crippen LogP contribution in [0.2, 0.25) is 5.02 Å². The van der Waals surface area contributed by atoms with Gasteiger partial charge in [-0.3, -0.25) is 9.59 Å². The van der Waals surface area contributed by atoms with Crippen LogP contribution in [0.4, 0.5) is 0 Å². The third kappa shape index (κ3) is 4.45. The molecule has 0 spiro atoms. The number of carbonyl (C=O) groups excluding carboxylic acids is 2. The van der Waals surface area contributed by atoms with Crippen molar-refractivity contribution in [1.82, 2.24) is 4.90 Å². The highest BCUT2D eigenvalue weighted by molar-refractivity contribution is 6.30. The van der Waals surface area contributed by atoms with Crippen LogP contribution in [0.15, 0.2) is 24.3 Å². The number of nitrogens with zero attached hydrogens (tertiary/aromatic N) is 1. The lowest BCUT2D eigenvalue weighted by atomic mass is 9.87. The maximum absolute atomic E-state index is 11.9. The van der Waals surface area contributed by atoms with Gasteiger partial charge in [-0.05, 0) is 36.5 Å². The lowest BCUT2D eigenvalue weighted by molar-refractivity contribution is -0.134. The predicted molar refractivity (Wildman–Crippen MR) is 84.1 cm³/mol. The maximum atomic E-state index is 11.9. The molecule has 0 aliphatic carbocycles. The number of rotatable bonds is 5. The van der Waals surface area contributed by atoms with Gasteiger partial charge in [-0.25, -0.2) is 0 Å². The van der Waals surface area contributed by atoms with E-state index < -0.39 is 12.0 Å². The van der Waals surface area contributed by atoms with Gasteiger partial charge in [0.05, 0.1) is 6.10 Å². The Labute approximate surface area is 135 Å². The van der Waals surface area contributed by atoms with Crippen LogP contribution in [-0.2, 0) is 9.59 Å². The largest absolute Gasteiger partial charge is 0.388 e. The van der Waals surface area contributed by atoms with Gasteiger partial charge in [-0.15, -0.1) is 0 Å². The molecule has 2 rings (SSSR count). The Morgan fingerprint density at radius 3 is 2.36 bits per heavy atom. The normalized spacial score (nSPS) is 17.3. The van der Waals surface area contributed by atoms with Crippen molar-refractivity contribution in [3.05, 3.63) is 34.9 Å². The predicted octanol–water partition coefficient (Wildman–Crippen LogP) is 1.88. The Balaban J connectivity index is 1.85. The first-order valence-electron chi connectivity index (χ1n) is 7.47. The maximum Gasteiger partial charge on any atom is 0.223 e. The van der Waals surface area contributed by atoms with E-state index in [0.717, 1.165) is 18.4 Å². The van der Waals surface area contributed by atoms with Gasteiger partial charge in [-0.2, -0.15) is 0 Å². The fraction of sp³-hybridized carbons (Fsp3) is 0.500. The number of primary amides is 1. The second-order valence-electron chi connectivity index (χ2n) is 5.68. The highest BCUT2D eigenvalue weighted by Crippen LogP contribution is 2.31. The summed E-state index contributed by atoms with van der Waals surface area (Å²) < 4.78 is 0. The van der Waals surface area contributed by atoms with Crippen molar-refractivity contribution in [3.8, 4) is 0 Å². The van der Waals surface area contributed by atoms with E-state index in [-0.39, 0.29) is 24.7 Å². The number of nitrogens with two attached hydrogens (primary N) is 1. The molecule has 1 aromatic rings. The lowest BCUT2D eigenvalue weighted by Gasteiger charge is -2.34. The molecule has 1 unspecified atom stereocenters. The number of hydrogen-bond donors (Lipinski definition) is 2. The summed E-state index contributed by atoms with van der Waals surface area (Å²) in [5.74, 6) is -0.374. The average molecular weight is 325 g/mol. The molecule has 2 amide bonds. The van der Waals surface area contributed by atoms with Crippen molar-refractivity contribution < 1.29 is 14.7 Å². The van der Waals surface area contributed by atoms with Crippen molar-refractivity contribution in [2.24, 2.45) is 11.7 Å². The summed E-state index contributed by atoms with van der Waals surface area (Å²) in [5.41, 5.74) is 5.90. The monoisotopic (exact) mass is 324 g/mol. The zero-order chi connectivity index (χ0) is 16.1. The summed E-state index contributed by atoms with van der Waals surface area (Å²) in [5, 5.41) is 11.1. The van der Waals surface area contributed by atoms with Crippen LogP contribution >= 0.6 is 11.6 Å². The minimum Gasteiger partial charge on any atom is -0.388 e. The van der Waals surface area contributed by atoms with Gasteiger partial charge in [0.25, 0.3) is 0 Å². The molecular formula is C16H21ClN2O3. The molecule has 1 heterocycles. The molecule has 0 radical (unpaired) electrons. The van der Waals surface area contributed by atoms with E-state index in [1.165, 1.54) is 0 Å². The van der Waals surface area contributed by atoms with Crippen LogP contribution in [-0.4, -0.2) is 34.9 Å². The molecule has 1 aliphatic heterocycles. The smallest absolute Gasteiger partial charge is 0.223 e. The van der Waals surface area contributed by atoms with Gasteiger partial charge in [0.1, 0.15) is 0 Å². The van der Waals surface area contributed by atoms with Crippen LogP contribution in [0, 0.1) is 5.92 Å². The van der Waals surface area contributed by atoms with Gasteiger partial charge >= 0.3 is 0 Å². The van der Waals surface area contributed by atoms with Crippen molar-refractivity contribution in [2.75, 3.05) is 13.1 Å². The lowest BCUT2D eigenvalue weighted by Crippen LogP contribution is -2.40. The number of likely N-dealkylation sites (tertiary alicyclic amines) is 1. The molecule has 1 atom stereocenters. The zero-order valence-electron chi connectivity index (χ0n) is 12.4. The first kappa shape index (κ1) is 16.8. The molecule has 1 aliphatic rings. The molecule has 120 valence electrons. The van der Waals surface area contributed by atoms with Crippen LogP contribution < -0.4 is 5.73 Å². The molecule has 6 heteroatoms. The molecule has 1 saturated heterocycles. The minimum absolute atomic E-state index is 0.0433. The molecule has 0 saturated carbocycles. The van der Waals surface area contributed by atoms with Gasteiger partial charge < -0.3 is 15.7 Å².